The Kier molecular flexibility index (Phi) is 6.04. The van der Waals surface area contributed by atoms with Gasteiger partial charge in [-0.2, -0.15) is 4.98 Å². The molecule has 1 aliphatic rings. The Labute approximate surface area is 178 Å². The Morgan fingerprint density at radius 1 is 0.929 bits per heavy atom. The van der Waals surface area contributed by atoms with E-state index in [2.05, 4.69) is 38.2 Å². The number of nitrogens with one attached hydrogen (secondary N) is 2. The van der Waals surface area contributed by atoms with E-state index >= 15 is 0 Å². The van der Waals surface area contributed by atoms with E-state index in [0.29, 0.717) is 23.5 Å². The molecule has 0 aliphatic heterocycles. The molecule has 4 nitrogen and oxygen atoms in total. The van der Waals surface area contributed by atoms with Crippen molar-refractivity contribution in [2.75, 3.05) is 10.6 Å². The first-order valence-corrected chi connectivity index (χ1v) is 10.7. The second kappa shape index (κ2) is 8.86. The summed E-state index contributed by atoms with van der Waals surface area (Å²) in [6.45, 7) is 0. The summed E-state index contributed by atoms with van der Waals surface area (Å²) < 4.78 is 15.2. The second-order valence-corrected chi connectivity index (χ2v) is 8.30. The molecule has 1 heterocycles. The van der Waals surface area contributed by atoms with Gasteiger partial charge in [0.05, 0.1) is 11.4 Å². The molecular weight excluding hydrogens is 466 g/mol. The Balaban J connectivity index is 1.66. The highest BCUT2D eigenvalue weighted by Crippen LogP contribution is 2.27. The van der Waals surface area contributed by atoms with Crippen molar-refractivity contribution in [2.24, 2.45) is 0 Å². The molecule has 1 saturated carbocycles. The minimum Gasteiger partial charge on any atom is -0.351 e. The molecule has 28 heavy (non-hydrogen) atoms. The molecule has 0 radical (unpaired) electrons. The summed E-state index contributed by atoms with van der Waals surface area (Å²) in [7, 11) is 0. The normalized spacial score (nSPS) is 14.6. The molecule has 0 bridgehead atoms. The van der Waals surface area contributed by atoms with Crippen LogP contribution >= 0.6 is 22.6 Å². The van der Waals surface area contributed by atoms with Crippen LogP contribution in [0.3, 0.4) is 0 Å². The van der Waals surface area contributed by atoms with Gasteiger partial charge in [0.1, 0.15) is 11.6 Å². The Morgan fingerprint density at radius 2 is 1.71 bits per heavy atom. The standard InChI is InChI=1S/C22H22FIN4/c23-18-13-16(24)11-12-19(18)26-21-14-20(15-7-3-1-4-8-15)27-22(28-21)25-17-9-5-2-6-10-17/h1,3-4,7-8,11-14,17H,2,5-6,9-10H2,(H2,25,26,27,28). The zero-order valence-electron chi connectivity index (χ0n) is 15.5. The van der Waals surface area contributed by atoms with Gasteiger partial charge in [0.15, 0.2) is 0 Å². The van der Waals surface area contributed by atoms with Crippen molar-refractivity contribution < 1.29 is 4.39 Å². The van der Waals surface area contributed by atoms with E-state index in [-0.39, 0.29) is 5.82 Å². The van der Waals surface area contributed by atoms with Crippen molar-refractivity contribution in [2.45, 2.75) is 38.1 Å². The molecule has 0 unspecified atom stereocenters. The van der Waals surface area contributed by atoms with Gasteiger partial charge in [0.25, 0.3) is 0 Å². The smallest absolute Gasteiger partial charge is 0.225 e. The molecule has 1 fully saturated rings. The third-order valence-corrected chi connectivity index (χ3v) is 5.60. The molecule has 0 saturated heterocycles. The van der Waals surface area contributed by atoms with Crippen LogP contribution in [0.5, 0.6) is 0 Å². The van der Waals surface area contributed by atoms with Crippen molar-refractivity contribution in [1.29, 1.82) is 0 Å². The zero-order valence-corrected chi connectivity index (χ0v) is 17.6. The lowest BCUT2D eigenvalue weighted by Gasteiger charge is -2.23. The molecule has 2 N–H and O–H groups in total. The number of hydrogen-bond donors (Lipinski definition) is 2. The highest BCUT2D eigenvalue weighted by molar-refractivity contribution is 14.1. The number of halogens is 2. The summed E-state index contributed by atoms with van der Waals surface area (Å²) in [5.41, 5.74) is 2.21. The number of rotatable bonds is 5. The number of hydrogen-bond acceptors (Lipinski definition) is 4. The third kappa shape index (κ3) is 4.79. The first kappa shape index (κ1) is 19.1. The molecule has 1 aliphatic carbocycles. The third-order valence-electron chi connectivity index (χ3n) is 4.93. The molecule has 144 valence electrons. The quantitative estimate of drug-likeness (QED) is 0.410. The van der Waals surface area contributed by atoms with Gasteiger partial charge in [-0.1, -0.05) is 49.6 Å². The monoisotopic (exact) mass is 488 g/mol. The highest BCUT2D eigenvalue weighted by Gasteiger charge is 2.16. The molecule has 0 amide bonds. The van der Waals surface area contributed by atoms with Crippen LogP contribution in [0.1, 0.15) is 32.1 Å². The van der Waals surface area contributed by atoms with Crippen LogP contribution in [0, 0.1) is 9.39 Å². The van der Waals surface area contributed by atoms with Gasteiger partial charge in [-0.3, -0.25) is 0 Å². The largest absolute Gasteiger partial charge is 0.351 e. The highest BCUT2D eigenvalue weighted by atomic mass is 127. The maximum Gasteiger partial charge on any atom is 0.225 e. The summed E-state index contributed by atoms with van der Waals surface area (Å²) in [5.74, 6) is 0.863. The van der Waals surface area contributed by atoms with Crippen molar-refractivity contribution in [1.82, 2.24) is 9.97 Å². The van der Waals surface area contributed by atoms with Crippen molar-refractivity contribution >= 4 is 40.0 Å². The zero-order chi connectivity index (χ0) is 19.3. The van der Waals surface area contributed by atoms with E-state index in [4.69, 9.17) is 4.98 Å². The number of anilines is 3. The van der Waals surface area contributed by atoms with E-state index in [9.17, 15) is 4.39 Å². The fraction of sp³-hybridized carbons (Fsp3) is 0.273. The van der Waals surface area contributed by atoms with Crippen LogP contribution < -0.4 is 10.6 Å². The van der Waals surface area contributed by atoms with Gasteiger partial charge < -0.3 is 10.6 Å². The maximum absolute atomic E-state index is 14.3. The van der Waals surface area contributed by atoms with Crippen molar-refractivity contribution in [3.63, 3.8) is 0 Å². The number of aromatic nitrogens is 2. The summed E-state index contributed by atoms with van der Waals surface area (Å²) in [6, 6.07) is 17.3. The van der Waals surface area contributed by atoms with E-state index < -0.39 is 0 Å². The minimum atomic E-state index is -0.298. The van der Waals surface area contributed by atoms with Crippen LogP contribution in [0.4, 0.5) is 21.8 Å². The lowest BCUT2D eigenvalue weighted by molar-refractivity contribution is 0.461. The van der Waals surface area contributed by atoms with Gasteiger partial charge in [-0.05, 0) is 53.6 Å². The van der Waals surface area contributed by atoms with Crippen LogP contribution in [-0.2, 0) is 0 Å². The molecule has 0 spiro atoms. The summed E-state index contributed by atoms with van der Waals surface area (Å²) in [4.78, 5) is 9.33. The Hall–Kier alpha value is -2.22. The van der Waals surface area contributed by atoms with E-state index in [0.717, 1.165) is 27.7 Å². The van der Waals surface area contributed by atoms with Crippen LogP contribution in [-0.4, -0.2) is 16.0 Å². The van der Waals surface area contributed by atoms with Crippen LogP contribution in [0.25, 0.3) is 11.3 Å². The van der Waals surface area contributed by atoms with Gasteiger partial charge in [-0.15, -0.1) is 0 Å². The fourth-order valence-corrected chi connectivity index (χ4v) is 3.94. The summed E-state index contributed by atoms with van der Waals surface area (Å²) in [5, 5.41) is 6.60. The average Bonchev–Trinajstić information content (AvgIpc) is 2.71. The fourth-order valence-electron chi connectivity index (χ4n) is 3.49. The van der Waals surface area contributed by atoms with Crippen molar-refractivity contribution in [3.05, 3.63) is 64.0 Å². The first-order chi connectivity index (χ1) is 13.7. The summed E-state index contributed by atoms with van der Waals surface area (Å²) >= 11 is 2.10. The van der Waals surface area contributed by atoms with Gasteiger partial charge >= 0.3 is 0 Å². The maximum atomic E-state index is 14.3. The molecule has 1 aromatic heterocycles. The topological polar surface area (TPSA) is 49.8 Å². The van der Waals surface area contributed by atoms with E-state index in [1.54, 1.807) is 6.07 Å². The van der Waals surface area contributed by atoms with E-state index in [1.165, 1.54) is 25.3 Å². The minimum absolute atomic E-state index is 0.298. The molecule has 4 rings (SSSR count). The molecule has 0 atom stereocenters. The number of benzene rings is 2. The molecule has 6 heteroatoms. The molecule has 3 aromatic rings. The average molecular weight is 488 g/mol. The van der Waals surface area contributed by atoms with Crippen LogP contribution in [0.2, 0.25) is 0 Å². The Bertz CT molecular complexity index is 943. The van der Waals surface area contributed by atoms with Gasteiger partial charge in [0, 0.05) is 21.2 Å². The van der Waals surface area contributed by atoms with Crippen LogP contribution in [0.15, 0.2) is 54.6 Å². The predicted octanol–water partition coefficient (Wildman–Crippen LogP) is 6.38. The Morgan fingerprint density at radius 3 is 2.46 bits per heavy atom. The molecule has 2 aromatic carbocycles. The van der Waals surface area contributed by atoms with Crippen molar-refractivity contribution in [3.8, 4) is 11.3 Å². The SMILES string of the molecule is Fc1cc(I)ccc1Nc1cc(-c2ccccc2)nc(NC2CCCCC2)n1. The lowest BCUT2D eigenvalue weighted by Crippen LogP contribution is -2.23. The second-order valence-electron chi connectivity index (χ2n) is 7.06. The summed E-state index contributed by atoms with van der Waals surface area (Å²) in [6.07, 6.45) is 6.02. The first-order valence-electron chi connectivity index (χ1n) is 9.60. The predicted molar refractivity (Wildman–Crippen MR) is 120 cm³/mol. The lowest BCUT2D eigenvalue weighted by atomic mass is 9.96. The van der Waals surface area contributed by atoms with E-state index in [1.807, 2.05) is 42.5 Å². The number of nitrogens with zero attached hydrogens (tertiary/aromatic N) is 2. The van der Waals surface area contributed by atoms with Gasteiger partial charge in [0.2, 0.25) is 5.95 Å². The van der Waals surface area contributed by atoms with Gasteiger partial charge in [-0.25, -0.2) is 9.37 Å². The molecular formula is C22H22FIN4.